The Morgan fingerprint density at radius 1 is 1.08 bits per heavy atom. The summed E-state index contributed by atoms with van der Waals surface area (Å²) in [6, 6.07) is 13.2. The Labute approximate surface area is 146 Å². The summed E-state index contributed by atoms with van der Waals surface area (Å²) in [6.45, 7) is 0. The zero-order valence-corrected chi connectivity index (χ0v) is 13.3. The number of benzene rings is 1. The number of furan rings is 1. The van der Waals surface area contributed by atoms with Gasteiger partial charge in [-0.1, -0.05) is 11.2 Å². The molecule has 0 bridgehead atoms. The van der Waals surface area contributed by atoms with E-state index in [2.05, 4.69) is 20.4 Å². The van der Waals surface area contributed by atoms with E-state index in [4.69, 9.17) is 8.94 Å². The quantitative estimate of drug-likeness (QED) is 0.586. The Balaban J connectivity index is 1.58. The van der Waals surface area contributed by atoms with Crippen LogP contribution in [0.5, 0.6) is 0 Å². The van der Waals surface area contributed by atoms with Gasteiger partial charge in [0, 0.05) is 29.1 Å². The van der Waals surface area contributed by atoms with E-state index in [9.17, 15) is 9.59 Å². The lowest BCUT2D eigenvalue weighted by Crippen LogP contribution is -2.10. The summed E-state index contributed by atoms with van der Waals surface area (Å²) in [4.78, 5) is 30.1. The maximum absolute atomic E-state index is 12.1. The van der Waals surface area contributed by atoms with Gasteiger partial charge in [-0.3, -0.25) is 9.59 Å². The highest BCUT2D eigenvalue weighted by Gasteiger charge is 2.13. The molecular formula is C18H12N4O4. The molecule has 0 saturated heterocycles. The standard InChI is InChI=1S/C18H12N4O4/c23-15-7-6-12(10-19-15)16-21-18(26-22-16)11-3-1-4-13(9-11)20-17(24)14-5-2-8-25-14/h1-10H,(H,19,23)(H,20,24). The predicted octanol–water partition coefficient (Wildman–Crippen LogP) is 2.94. The van der Waals surface area contributed by atoms with E-state index in [1.165, 1.54) is 18.5 Å². The highest BCUT2D eigenvalue weighted by atomic mass is 16.5. The van der Waals surface area contributed by atoms with Crippen LogP contribution >= 0.6 is 0 Å². The number of anilines is 1. The minimum atomic E-state index is -0.355. The highest BCUT2D eigenvalue weighted by molar-refractivity contribution is 6.02. The number of H-pyrrole nitrogens is 1. The number of nitrogens with zero attached hydrogens (tertiary/aromatic N) is 2. The monoisotopic (exact) mass is 348 g/mol. The van der Waals surface area contributed by atoms with Gasteiger partial charge in [-0.2, -0.15) is 4.98 Å². The van der Waals surface area contributed by atoms with Crippen LogP contribution in [-0.4, -0.2) is 21.0 Å². The summed E-state index contributed by atoms with van der Waals surface area (Å²) in [5, 5.41) is 6.65. The zero-order valence-electron chi connectivity index (χ0n) is 13.3. The maximum atomic E-state index is 12.1. The van der Waals surface area contributed by atoms with E-state index in [-0.39, 0.29) is 17.2 Å². The summed E-state index contributed by atoms with van der Waals surface area (Å²) in [5.74, 6) is 0.502. The normalized spacial score (nSPS) is 10.6. The molecule has 8 nitrogen and oxygen atoms in total. The number of nitrogens with one attached hydrogen (secondary N) is 2. The fourth-order valence-electron chi connectivity index (χ4n) is 2.34. The van der Waals surface area contributed by atoms with Gasteiger partial charge in [0.15, 0.2) is 5.76 Å². The molecule has 0 atom stereocenters. The van der Waals surface area contributed by atoms with Crippen LogP contribution in [-0.2, 0) is 0 Å². The molecule has 8 heteroatoms. The fraction of sp³-hybridized carbons (Fsp3) is 0. The molecule has 0 fully saturated rings. The third-order valence-electron chi connectivity index (χ3n) is 3.58. The molecule has 3 aromatic heterocycles. The van der Waals surface area contributed by atoms with E-state index in [0.29, 0.717) is 28.5 Å². The van der Waals surface area contributed by atoms with Gasteiger partial charge in [0.1, 0.15) is 0 Å². The van der Waals surface area contributed by atoms with Gasteiger partial charge < -0.3 is 19.2 Å². The van der Waals surface area contributed by atoms with E-state index in [1.807, 2.05) is 0 Å². The van der Waals surface area contributed by atoms with Gasteiger partial charge in [0.25, 0.3) is 11.8 Å². The lowest BCUT2D eigenvalue weighted by Gasteiger charge is -2.04. The van der Waals surface area contributed by atoms with E-state index < -0.39 is 0 Å². The zero-order chi connectivity index (χ0) is 17.9. The second-order valence-electron chi connectivity index (χ2n) is 5.38. The molecule has 0 aliphatic carbocycles. The molecule has 0 spiro atoms. The number of hydrogen-bond acceptors (Lipinski definition) is 6. The molecule has 26 heavy (non-hydrogen) atoms. The molecule has 4 aromatic rings. The third kappa shape index (κ3) is 3.16. The van der Waals surface area contributed by atoms with Crippen molar-refractivity contribution in [2.24, 2.45) is 0 Å². The van der Waals surface area contributed by atoms with Crippen molar-refractivity contribution < 1.29 is 13.7 Å². The molecule has 2 N–H and O–H groups in total. The minimum absolute atomic E-state index is 0.211. The van der Waals surface area contributed by atoms with Gasteiger partial charge in [-0.25, -0.2) is 0 Å². The molecule has 0 radical (unpaired) electrons. The fourth-order valence-corrected chi connectivity index (χ4v) is 2.34. The van der Waals surface area contributed by atoms with Gasteiger partial charge in [0.05, 0.1) is 6.26 Å². The Bertz CT molecular complexity index is 1090. The molecule has 128 valence electrons. The summed E-state index contributed by atoms with van der Waals surface area (Å²) < 4.78 is 10.3. The number of aromatic amines is 1. The van der Waals surface area contributed by atoms with Crippen molar-refractivity contribution in [2.75, 3.05) is 5.32 Å². The maximum Gasteiger partial charge on any atom is 0.291 e. The van der Waals surface area contributed by atoms with Crippen molar-refractivity contribution in [2.45, 2.75) is 0 Å². The highest BCUT2D eigenvalue weighted by Crippen LogP contribution is 2.24. The smallest absolute Gasteiger partial charge is 0.291 e. The SMILES string of the molecule is O=C(Nc1cccc(-c2nc(-c3ccc(=O)[nH]c3)no2)c1)c1ccco1. The van der Waals surface area contributed by atoms with Gasteiger partial charge >= 0.3 is 0 Å². The third-order valence-corrected chi connectivity index (χ3v) is 3.58. The van der Waals surface area contributed by atoms with E-state index in [0.717, 1.165) is 0 Å². The molecule has 0 aliphatic rings. The second-order valence-corrected chi connectivity index (χ2v) is 5.38. The van der Waals surface area contributed by atoms with Gasteiger partial charge in [-0.05, 0) is 36.4 Å². The average Bonchev–Trinajstić information content (AvgIpc) is 3.35. The molecule has 0 saturated carbocycles. The summed E-state index contributed by atoms with van der Waals surface area (Å²) in [5.41, 5.74) is 1.62. The summed E-state index contributed by atoms with van der Waals surface area (Å²) in [7, 11) is 0. The number of aromatic nitrogens is 3. The summed E-state index contributed by atoms with van der Waals surface area (Å²) in [6.07, 6.45) is 2.94. The first kappa shape index (κ1) is 15.6. The largest absolute Gasteiger partial charge is 0.459 e. The van der Waals surface area contributed by atoms with Crippen LogP contribution in [0.1, 0.15) is 10.6 Å². The van der Waals surface area contributed by atoms with Crippen molar-refractivity contribution >= 4 is 11.6 Å². The topological polar surface area (TPSA) is 114 Å². The molecule has 1 aromatic carbocycles. The number of pyridine rings is 1. The number of hydrogen-bond donors (Lipinski definition) is 2. The van der Waals surface area contributed by atoms with Crippen LogP contribution in [0.25, 0.3) is 22.8 Å². The number of rotatable bonds is 4. The van der Waals surface area contributed by atoms with Crippen LogP contribution < -0.4 is 10.9 Å². The number of carbonyl (C=O) groups excluding carboxylic acids is 1. The molecule has 3 heterocycles. The Morgan fingerprint density at radius 2 is 2.00 bits per heavy atom. The van der Waals surface area contributed by atoms with Crippen molar-refractivity contribution in [3.05, 3.63) is 77.1 Å². The number of carbonyl (C=O) groups is 1. The van der Waals surface area contributed by atoms with Gasteiger partial charge in [0.2, 0.25) is 11.4 Å². The van der Waals surface area contributed by atoms with Crippen molar-refractivity contribution in [1.29, 1.82) is 0 Å². The van der Waals surface area contributed by atoms with Crippen LogP contribution in [0.2, 0.25) is 0 Å². The molecule has 0 unspecified atom stereocenters. The molecule has 1 amide bonds. The van der Waals surface area contributed by atoms with Crippen LogP contribution in [0.15, 0.2) is 74.7 Å². The van der Waals surface area contributed by atoms with Crippen molar-refractivity contribution in [1.82, 2.24) is 15.1 Å². The second kappa shape index (κ2) is 6.52. The molecular weight excluding hydrogens is 336 g/mol. The summed E-state index contributed by atoms with van der Waals surface area (Å²) >= 11 is 0. The first-order valence-corrected chi connectivity index (χ1v) is 7.67. The molecule has 0 aliphatic heterocycles. The van der Waals surface area contributed by atoms with Gasteiger partial charge in [-0.15, -0.1) is 0 Å². The molecule has 4 rings (SSSR count). The Morgan fingerprint density at radius 3 is 2.77 bits per heavy atom. The van der Waals surface area contributed by atoms with E-state index in [1.54, 1.807) is 42.5 Å². The van der Waals surface area contributed by atoms with E-state index >= 15 is 0 Å². The van der Waals surface area contributed by atoms with Crippen LogP contribution in [0.3, 0.4) is 0 Å². The van der Waals surface area contributed by atoms with Crippen LogP contribution in [0.4, 0.5) is 5.69 Å². The van der Waals surface area contributed by atoms with Crippen LogP contribution in [0, 0.1) is 0 Å². The Kier molecular flexibility index (Phi) is 3.91. The first-order chi connectivity index (χ1) is 12.7. The minimum Gasteiger partial charge on any atom is -0.459 e. The van der Waals surface area contributed by atoms with Crippen molar-refractivity contribution in [3.8, 4) is 22.8 Å². The lowest BCUT2D eigenvalue weighted by atomic mass is 10.2. The first-order valence-electron chi connectivity index (χ1n) is 7.67. The van der Waals surface area contributed by atoms with Crippen molar-refractivity contribution in [3.63, 3.8) is 0 Å². The number of amides is 1. The predicted molar refractivity (Wildman–Crippen MR) is 92.5 cm³/mol. The lowest BCUT2D eigenvalue weighted by molar-refractivity contribution is 0.0996. The average molecular weight is 348 g/mol. The Hall–Kier alpha value is -3.94.